The van der Waals surface area contributed by atoms with Crippen LogP contribution in [0.1, 0.15) is 44.8 Å². The zero-order valence-electron chi connectivity index (χ0n) is 20.1. The van der Waals surface area contributed by atoms with Gasteiger partial charge >= 0.3 is 12.4 Å². The monoisotopic (exact) mass is 554 g/mol. The predicted octanol–water partition coefficient (Wildman–Crippen LogP) is 6.87. The molecule has 2 amide bonds. The van der Waals surface area contributed by atoms with Gasteiger partial charge in [0.05, 0.1) is 17.7 Å². The van der Waals surface area contributed by atoms with Gasteiger partial charge in [0, 0.05) is 23.5 Å². The van der Waals surface area contributed by atoms with E-state index in [0.717, 1.165) is 28.2 Å². The van der Waals surface area contributed by atoms with E-state index < -0.39 is 47.4 Å². The van der Waals surface area contributed by atoms with Crippen LogP contribution in [0.4, 0.5) is 26.3 Å². The average molecular weight is 555 g/mol. The molecule has 0 N–H and O–H groups in total. The molecule has 11 heteroatoms. The van der Waals surface area contributed by atoms with Crippen molar-refractivity contribution in [1.82, 2.24) is 9.80 Å². The molecular weight excluding hydrogens is 530 g/mol. The van der Waals surface area contributed by atoms with Crippen LogP contribution in [-0.4, -0.2) is 34.7 Å². The molecule has 1 saturated carbocycles. The molecule has 0 atom stereocenters. The highest BCUT2D eigenvalue weighted by Crippen LogP contribution is 2.37. The number of alkyl halides is 6. The molecule has 0 spiro atoms. The van der Waals surface area contributed by atoms with Crippen LogP contribution in [-0.2, 0) is 30.2 Å². The number of benzene rings is 2. The molecule has 2 aromatic carbocycles. The van der Waals surface area contributed by atoms with Gasteiger partial charge in [0.2, 0.25) is 5.91 Å². The van der Waals surface area contributed by atoms with Crippen LogP contribution in [0.3, 0.4) is 0 Å². The topological polar surface area (TPSA) is 40.6 Å². The first kappa shape index (κ1) is 27.7. The summed E-state index contributed by atoms with van der Waals surface area (Å²) in [6.07, 6.45) is -8.64. The van der Waals surface area contributed by atoms with E-state index in [-0.39, 0.29) is 31.6 Å². The predicted molar refractivity (Wildman–Crippen MR) is 130 cm³/mol. The summed E-state index contributed by atoms with van der Waals surface area (Å²) in [6, 6.07) is 13.6. The normalized spacial score (nSPS) is 13.8. The van der Waals surface area contributed by atoms with Gasteiger partial charge in [-0.25, -0.2) is 0 Å². The Bertz CT molecular complexity index is 1220. The molecule has 1 aliphatic rings. The standard InChI is InChI=1S/C27H24F6N2O2S/c28-26(29,30)21-11-20(12-22(13-21)27(31,32)33)25(37)35(15-19-8-9-19)17-24(36)34(16-23-7-4-10-38-23)14-18-5-2-1-3-6-18/h1-7,10-13,19H,8-9,14-17H2. The molecule has 0 aliphatic heterocycles. The van der Waals surface area contributed by atoms with E-state index in [1.54, 1.807) is 0 Å². The van der Waals surface area contributed by atoms with Crippen LogP contribution in [0.15, 0.2) is 66.0 Å². The first-order valence-corrected chi connectivity index (χ1v) is 12.7. The van der Waals surface area contributed by atoms with Gasteiger partial charge in [0.25, 0.3) is 5.91 Å². The molecule has 1 fully saturated rings. The van der Waals surface area contributed by atoms with Crippen molar-refractivity contribution in [2.45, 2.75) is 38.3 Å². The molecule has 1 aromatic heterocycles. The number of carbonyl (C=O) groups is 2. The van der Waals surface area contributed by atoms with E-state index in [2.05, 4.69) is 0 Å². The lowest BCUT2D eigenvalue weighted by Gasteiger charge is -2.28. The minimum absolute atomic E-state index is 0.0181. The highest BCUT2D eigenvalue weighted by atomic mass is 32.1. The maximum absolute atomic E-state index is 13.5. The number of hydrogen-bond acceptors (Lipinski definition) is 3. The van der Waals surface area contributed by atoms with Gasteiger partial charge in [-0.2, -0.15) is 26.3 Å². The number of rotatable bonds is 9. The van der Waals surface area contributed by atoms with E-state index in [1.807, 2.05) is 47.8 Å². The molecule has 4 nitrogen and oxygen atoms in total. The Labute approximate surface area is 219 Å². The Morgan fingerprint density at radius 2 is 1.45 bits per heavy atom. The lowest BCUT2D eigenvalue weighted by atomic mass is 10.0. The number of thiophene rings is 1. The number of nitrogens with zero attached hydrogens (tertiary/aromatic N) is 2. The van der Waals surface area contributed by atoms with Gasteiger partial charge in [-0.15, -0.1) is 11.3 Å². The van der Waals surface area contributed by atoms with Crippen LogP contribution in [0.5, 0.6) is 0 Å². The fourth-order valence-electron chi connectivity index (χ4n) is 3.98. The fraction of sp³-hybridized carbons (Fsp3) is 0.333. The van der Waals surface area contributed by atoms with Crippen LogP contribution in [0.2, 0.25) is 0 Å². The third-order valence-corrected chi connectivity index (χ3v) is 6.98. The second kappa shape index (κ2) is 11.2. The van der Waals surface area contributed by atoms with Crippen molar-refractivity contribution in [2.24, 2.45) is 5.92 Å². The molecule has 1 heterocycles. The van der Waals surface area contributed by atoms with Crippen molar-refractivity contribution in [1.29, 1.82) is 0 Å². The number of amides is 2. The summed E-state index contributed by atoms with van der Waals surface area (Å²) in [4.78, 5) is 30.3. The molecule has 1 aliphatic carbocycles. The molecule has 0 unspecified atom stereocenters. The van der Waals surface area contributed by atoms with Gasteiger partial charge in [-0.05, 0) is 54.0 Å². The lowest BCUT2D eigenvalue weighted by Crippen LogP contribution is -2.43. The molecular formula is C27H24F6N2O2S. The van der Waals surface area contributed by atoms with Crippen LogP contribution < -0.4 is 0 Å². The fourth-order valence-corrected chi connectivity index (χ4v) is 4.70. The Balaban J connectivity index is 1.62. The largest absolute Gasteiger partial charge is 0.416 e. The zero-order valence-corrected chi connectivity index (χ0v) is 20.9. The molecule has 202 valence electrons. The van der Waals surface area contributed by atoms with Crippen molar-refractivity contribution in [3.63, 3.8) is 0 Å². The van der Waals surface area contributed by atoms with Gasteiger partial charge in [-0.1, -0.05) is 36.4 Å². The molecule has 0 radical (unpaired) electrons. The smallest absolute Gasteiger partial charge is 0.332 e. The summed E-state index contributed by atoms with van der Waals surface area (Å²) < 4.78 is 80.2. The van der Waals surface area contributed by atoms with Crippen molar-refractivity contribution in [2.75, 3.05) is 13.1 Å². The second-order valence-corrected chi connectivity index (χ2v) is 10.3. The summed E-state index contributed by atoms with van der Waals surface area (Å²) in [7, 11) is 0. The minimum Gasteiger partial charge on any atom is -0.332 e. The first-order chi connectivity index (χ1) is 17.9. The van der Waals surface area contributed by atoms with Crippen LogP contribution in [0.25, 0.3) is 0 Å². The quantitative estimate of drug-likeness (QED) is 0.271. The molecule has 4 rings (SSSR count). The van der Waals surface area contributed by atoms with Gasteiger partial charge in [-0.3, -0.25) is 9.59 Å². The second-order valence-electron chi connectivity index (χ2n) is 9.24. The number of halogens is 6. The zero-order chi connectivity index (χ0) is 27.5. The lowest BCUT2D eigenvalue weighted by molar-refractivity contribution is -0.143. The van der Waals surface area contributed by atoms with E-state index in [0.29, 0.717) is 12.1 Å². The third kappa shape index (κ3) is 7.37. The minimum atomic E-state index is -5.08. The van der Waals surface area contributed by atoms with Crippen molar-refractivity contribution >= 4 is 23.2 Å². The number of hydrogen-bond donors (Lipinski definition) is 0. The van der Waals surface area contributed by atoms with E-state index in [4.69, 9.17) is 0 Å². The van der Waals surface area contributed by atoms with Gasteiger partial charge in [0.15, 0.2) is 0 Å². The molecule has 3 aromatic rings. The molecule has 0 saturated heterocycles. The third-order valence-electron chi connectivity index (χ3n) is 6.12. The summed E-state index contributed by atoms with van der Waals surface area (Å²) >= 11 is 1.44. The van der Waals surface area contributed by atoms with E-state index >= 15 is 0 Å². The SMILES string of the molecule is O=C(CN(CC1CC1)C(=O)c1cc(C(F)(F)F)cc(C(F)(F)F)c1)N(Cc1ccccc1)Cc1cccs1. The molecule has 0 bridgehead atoms. The van der Waals surface area contributed by atoms with Crippen molar-refractivity contribution in [3.8, 4) is 0 Å². The Morgan fingerprint density at radius 3 is 1.97 bits per heavy atom. The Morgan fingerprint density at radius 1 is 0.816 bits per heavy atom. The highest BCUT2D eigenvalue weighted by molar-refractivity contribution is 7.09. The van der Waals surface area contributed by atoms with Gasteiger partial charge in [0.1, 0.15) is 6.54 Å². The number of carbonyl (C=O) groups excluding carboxylic acids is 2. The first-order valence-electron chi connectivity index (χ1n) is 11.8. The summed E-state index contributed by atoms with van der Waals surface area (Å²) in [5.41, 5.74) is -3.06. The maximum atomic E-state index is 13.5. The maximum Gasteiger partial charge on any atom is 0.416 e. The van der Waals surface area contributed by atoms with Crippen LogP contribution in [0, 0.1) is 5.92 Å². The highest BCUT2D eigenvalue weighted by Gasteiger charge is 2.38. The summed E-state index contributed by atoms with van der Waals surface area (Å²) in [6.45, 7) is 0.0783. The van der Waals surface area contributed by atoms with Crippen molar-refractivity contribution in [3.05, 3.63) is 93.2 Å². The molecule has 38 heavy (non-hydrogen) atoms. The summed E-state index contributed by atoms with van der Waals surface area (Å²) in [5, 5.41) is 1.86. The Hall–Kier alpha value is -3.34. The summed E-state index contributed by atoms with van der Waals surface area (Å²) in [5.74, 6) is -1.46. The van der Waals surface area contributed by atoms with E-state index in [9.17, 15) is 35.9 Å². The van der Waals surface area contributed by atoms with Crippen molar-refractivity contribution < 1.29 is 35.9 Å². The van der Waals surface area contributed by atoms with E-state index in [1.165, 1.54) is 16.2 Å². The van der Waals surface area contributed by atoms with Crippen LogP contribution >= 0.6 is 11.3 Å². The van der Waals surface area contributed by atoms with Gasteiger partial charge < -0.3 is 9.80 Å². The Kier molecular flexibility index (Phi) is 8.15. The average Bonchev–Trinajstić information content (AvgIpc) is 3.53.